The molecule has 0 fully saturated rings. The van der Waals surface area contributed by atoms with Gasteiger partial charge in [-0.25, -0.2) is 0 Å². The third kappa shape index (κ3) is 2.60. The summed E-state index contributed by atoms with van der Waals surface area (Å²) in [5.74, 6) is 1.09. The lowest BCUT2D eigenvalue weighted by Crippen LogP contribution is -2.31. The number of fused-ring (bicyclic) bond motifs is 1. The lowest BCUT2D eigenvalue weighted by molar-refractivity contribution is -0.118. The van der Waals surface area contributed by atoms with Crippen molar-refractivity contribution in [3.8, 4) is 5.75 Å². The van der Waals surface area contributed by atoms with Crippen molar-refractivity contribution in [2.24, 2.45) is 0 Å². The molecule has 1 atom stereocenters. The lowest BCUT2D eigenvalue weighted by atomic mass is 9.98. The number of methoxy groups -OCH3 is 1. The third-order valence-corrected chi connectivity index (χ3v) is 6.10. The van der Waals surface area contributed by atoms with Crippen molar-refractivity contribution in [2.45, 2.75) is 17.7 Å². The largest absolute Gasteiger partial charge is 0.496 e. The fraction of sp³-hybridized carbons (Fsp3) is 0.312. The Bertz CT molecular complexity index is 683. The molecule has 0 N–H and O–H groups in total. The van der Waals surface area contributed by atoms with E-state index in [0.29, 0.717) is 6.42 Å². The van der Waals surface area contributed by atoms with E-state index in [9.17, 15) is 4.79 Å². The summed E-state index contributed by atoms with van der Waals surface area (Å²) in [6, 6.07) is 8.29. The number of anilines is 1. The minimum atomic E-state index is 0.112. The first-order valence-electron chi connectivity index (χ1n) is 6.76. The number of hydrogen-bond donors (Lipinski definition) is 0. The number of hydrogen-bond acceptors (Lipinski definition) is 3. The number of rotatable bonds is 3. The van der Waals surface area contributed by atoms with Crippen LogP contribution in [-0.4, -0.2) is 20.1 Å². The maximum absolute atomic E-state index is 11.7. The Morgan fingerprint density at radius 2 is 2.14 bits per heavy atom. The number of thiophene rings is 1. The smallest absolute Gasteiger partial charge is 0.227 e. The van der Waals surface area contributed by atoms with Crippen molar-refractivity contribution in [2.75, 3.05) is 19.1 Å². The Hall–Kier alpha value is -1.33. The Labute approximate surface area is 136 Å². The number of carbonyl (C=O) groups is 1. The zero-order chi connectivity index (χ0) is 15.0. The van der Waals surface area contributed by atoms with Crippen LogP contribution in [0.3, 0.4) is 0 Å². The lowest BCUT2D eigenvalue weighted by Gasteiger charge is -2.26. The first-order chi connectivity index (χ1) is 10.1. The van der Waals surface area contributed by atoms with Gasteiger partial charge in [-0.2, -0.15) is 0 Å². The van der Waals surface area contributed by atoms with Crippen LogP contribution in [-0.2, 0) is 11.2 Å². The van der Waals surface area contributed by atoms with Crippen LogP contribution in [0.25, 0.3) is 0 Å². The van der Waals surface area contributed by atoms with Crippen molar-refractivity contribution in [3.05, 3.63) is 45.6 Å². The van der Waals surface area contributed by atoms with E-state index < -0.39 is 0 Å². The Morgan fingerprint density at radius 1 is 1.33 bits per heavy atom. The molecular weight excluding hydrogens is 350 g/mol. The van der Waals surface area contributed by atoms with Crippen LogP contribution in [0.4, 0.5) is 5.69 Å². The molecule has 1 aromatic carbocycles. The fourth-order valence-corrected chi connectivity index (χ4v) is 4.34. The van der Waals surface area contributed by atoms with E-state index in [4.69, 9.17) is 4.74 Å². The maximum atomic E-state index is 11.7. The number of ether oxygens (including phenoxy) is 1. The molecule has 1 aromatic heterocycles. The van der Waals surface area contributed by atoms with Crippen molar-refractivity contribution >= 4 is 38.9 Å². The topological polar surface area (TPSA) is 29.5 Å². The molecule has 1 aliphatic rings. The number of carbonyl (C=O) groups excluding carboxylic acids is 1. The minimum Gasteiger partial charge on any atom is -0.496 e. The molecule has 0 saturated carbocycles. The van der Waals surface area contributed by atoms with Crippen LogP contribution < -0.4 is 9.64 Å². The second-order valence-corrected chi connectivity index (χ2v) is 6.92. The van der Waals surface area contributed by atoms with E-state index >= 15 is 0 Å². The highest BCUT2D eigenvalue weighted by Gasteiger charge is 2.23. The van der Waals surface area contributed by atoms with E-state index in [0.717, 1.165) is 22.7 Å². The van der Waals surface area contributed by atoms with E-state index in [1.807, 2.05) is 24.6 Å². The van der Waals surface area contributed by atoms with Gasteiger partial charge in [0.2, 0.25) is 5.91 Å². The molecule has 2 aromatic rings. The maximum Gasteiger partial charge on any atom is 0.227 e. The van der Waals surface area contributed by atoms with E-state index in [2.05, 4.69) is 28.1 Å². The highest BCUT2D eigenvalue weighted by atomic mass is 79.9. The summed E-state index contributed by atoms with van der Waals surface area (Å²) < 4.78 is 5.40. The number of alkyl halides is 1. The molecule has 1 unspecified atom stereocenters. The molecule has 1 amide bonds. The summed E-state index contributed by atoms with van der Waals surface area (Å²) in [7, 11) is 3.53. The van der Waals surface area contributed by atoms with Crippen LogP contribution in [0.15, 0.2) is 29.6 Å². The quantitative estimate of drug-likeness (QED) is 0.764. The van der Waals surface area contributed by atoms with E-state index in [-0.39, 0.29) is 10.7 Å². The van der Waals surface area contributed by atoms with Gasteiger partial charge in [0.25, 0.3) is 0 Å². The summed E-state index contributed by atoms with van der Waals surface area (Å²) in [6.07, 6.45) is 1.40. The van der Waals surface area contributed by atoms with Gasteiger partial charge in [0, 0.05) is 19.2 Å². The number of nitrogens with zero attached hydrogens (tertiary/aromatic N) is 1. The van der Waals surface area contributed by atoms with Crippen molar-refractivity contribution in [1.82, 2.24) is 0 Å². The van der Waals surface area contributed by atoms with Gasteiger partial charge in [-0.1, -0.05) is 28.1 Å². The van der Waals surface area contributed by atoms with E-state index in [1.165, 1.54) is 11.1 Å². The molecule has 3 rings (SSSR count). The zero-order valence-corrected chi connectivity index (χ0v) is 14.3. The third-order valence-electron chi connectivity index (χ3n) is 3.85. The standard InChI is InChI=1S/C16H16BrNO2S/c1-18-12-5-3-11(9-10(12)4-6-14(18)19)15(17)16-13(20-2)7-8-21-16/h3,5,7-9,15H,4,6H2,1-2H3. The summed E-state index contributed by atoms with van der Waals surface area (Å²) in [4.78, 5) is 14.8. The summed E-state index contributed by atoms with van der Waals surface area (Å²) in [6.45, 7) is 0. The molecule has 5 heteroatoms. The highest BCUT2D eigenvalue weighted by Crippen LogP contribution is 2.41. The van der Waals surface area contributed by atoms with Crippen molar-refractivity contribution in [3.63, 3.8) is 0 Å². The van der Waals surface area contributed by atoms with E-state index in [1.54, 1.807) is 23.3 Å². The second kappa shape index (κ2) is 5.81. The van der Waals surface area contributed by atoms with Gasteiger partial charge in [0.15, 0.2) is 0 Å². The SMILES string of the molecule is COc1ccsc1C(Br)c1ccc2c(c1)CCC(=O)N2C. The first kappa shape index (κ1) is 14.6. The van der Waals surface area contributed by atoms with Gasteiger partial charge < -0.3 is 9.64 Å². The van der Waals surface area contributed by atoms with Gasteiger partial charge in [-0.3, -0.25) is 4.79 Å². The van der Waals surface area contributed by atoms with Crippen LogP contribution in [0.5, 0.6) is 5.75 Å². The highest BCUT2D eigenvalue weighted by molar-refractivity contribution is 9.09. The molecule has 21 heavy (non-hydrogen) atoms. The average molecular weight is 366 g/mol. The molecule has 0 bridgehead atoms. The average Bonchev–Trinajstić information content (AvgIpc) is 2.98. The molecular formula is C16H16BrNO2S. The monoisotopic (exact) mass is 365 g/mol. The Kier molecular flexibility index (Phi) is 4.04. The zero-order valence-electron chi connectivity index (χ0n) is 11.9. The summed E-state index contributed by atoms with van der Waals surface area (Å²) in [5.41, 5.74) is 3.44. The van der Waals surface area contributed by atoms with Gasteiger partial charge >= 0.3 is 0 Å². The van der Waals surface area contributed by atoms with Crippen LogP contribution in [0.2, 0.25) is 0 Å². The minimum absolute atomic E-state index is 0.112. The normalized spacial score (nSPS) is 15.8. The fourth-order valence-electron chi connectivity index (χ4n) is 2.65. The van der Waals surface area contributed by atoms with Gasteiger partial charge in [-0.15, -0.1) is 11.3 Å². The van der Waals surface area contributed by atoms with Gasteiger partial charge in [-0.05, 0) is 35.1 Å². The molecule has 0 aliphatic carbocycles. The van der Waals surface area contributed by atoms with Crippen LogP contribution in [0, 0.1) is 0 Å². The molecule has 0 spiro atoms. The number of halogens is 1. The molecule has 110 valence electrons. The van der Waals surface area contributed by atoms with Crippen LogP contribution in [0.1, 0.15) is 27.3 Å². The number of benzene rings is 1. The molecule has 2 heterocycles. The first-order valence-corrected chi connectivity index (χ1v) is 8.56. The second-order valence-electron chi connectivity index (χ2n) is 5.06. The molecule has 1 aliphatic heterocycles. The van der Waals surface area contributed by atoms with Crippen molar-refractivity contribution in [1.29, 1.82) is 0 Å². The number of amides is 1. The Morgan fingerprint density at radius 3 is 2.90 bits per heavy atom. The molecule has 3 nitrogen and oxygen atoms in total. The van der Waals surface area contributed by atoms with Gasteiger partial charge in [0.1, 0.15) is 5.75 Å². The predicted octanol–water partition coefficient (Wildman–Crippen LogP) is 4.15. The van der Waals surface area contributed by atoms with Gasteiger partial charge in [0.05, 0.1) is 16.8 Å². The Balaban J connectivity index is 1.96. The predicted molar refractivity (Wildman–Crippen MR) is 89.8 cm³/mol. The van der Waals surface area contributed by atoms with Crippen molar-refractivity contribution < 1.29 is 9.53 Å². The molecule has 0 saturated heterocycles. The summed E-state index contributed by atoms with van der Waals surface area (Å²) >= 11 is 5.45. The van der Waals surface area contributed by atoms with Crippen LogP contribution >= 0.6 is 27.3 Å². The summed E-state index contributed by atoms with van der Waals surface area (Å²) in [5, 5.41) is 2.03. The molecule has 0 radical (unpaired) electrons. The number of aryl methyl sites for hydroxylation is 1.